The number of aromatic nitrogens is 1. The van der Waals surface area contributed by atoms with Crippen LogP contribution in [0.15, 0.2) is 16.7 Å². The number of halogens is 1. The third kappa shape index (κ3) is 2.28. The van der Waals surface area contributed by atoms with E-state index in [1.54, 1.807) is 6.07 Å². The Morgan fingerprint density at radius 3 is 2.67 bits per heavy atom. The summed E-state index contributed by atoms with van der Waals surface area (Å²) in [5.41, 5.74) is 6.35. The summed E-state index contributed by atoms with van der Waals surface area (Å²) in [4.78, 5) is 4.00. The summed E-state index contributed by atoms with van der Waals surface area (Å²) in [6.07, 6.45) is 0. The van der Waals surface area contributed by atoms with Crippen LogP contribution < -0.4 is 11.2 Å². The van der Waals surface area contributed by atoms with Gasteiger partial charge >= 0.3 is 7.12 Å². The van der Waals surface area contributed by atoms with Gasteiger partial charge in [-0.1, -0.05) is 0 Å². The Morgan fingerprint density at radius 2 is 2.17 bits per heavy atom. The van der Waals surface area contributed by atoms with Crippen LogP contribution in [0.25, 0.3) is 0 Å². The Bertz CT molecular complexity index is 282. The van der Waals surface area contributed by atoms with Gasteiger partial charge in [0.2, 0.25) is 0 Å². The van der Waals surface area contributed by atoms with Gasteiger partial charge in [0.25, 0.3) is 0 Å². The van der Waals surface area contributed by atoms with Crippen molar-refractivity contribution >= 4 is 28.5 Å². The minimum atomic E-state index is -1.48. The molecular formula is C6H8BBrN2O2. The second kappa shape index (κ2) is 4.00. The van der Waals surface area contributed by atoms with Crippen molar-refractivity contribution in [2.75, 3.05) is 0 Å². The fraction of sp³-hybridized carbons (Fsp3) is 0.167. The SMILES string of the molecule is NCc1cc(B(O)O)cc(Br)n1. The smallest absolute Gasteiger partial charge is 0.423 e. The van der Waals surface area contributed by atoms with Crippen LogP contribution in [0.1, 0.15) is 5.69 Å². The first-order valence-electron chi connectivity index (χ1n) is 3.36. The average molecular weight is 231 g/mol. The molecule has 0 radical (unpaired) electrons. The van der Waals surface area contributed by atoms with E-state index in [0.29, 0.717) is 15.8 Å². The van der Waals surface area contributed by atoms with Crippen LogP contribution >= 0.6 is 15.9 Å². The minimum absolute atomic E-state index is 0.277. The highest BCUT2D eigenvalue weighted by Crippen LogP contribution is 2.04. The molecule has 0 spiro atoms. The molecule has 0 aromatic carbocycles. The lowest BCUT2D eigenvalue weighted by atomic mass is 9.81. The molecule has 0 aliphatic heterocycles. The van der Waals surface area contributed by atoms with Gasteiger partial charge in [-0.15, -0.1) is 0 Å². The molecule has 12 heavy (non-hydrogen) atoms. The van der Waals surface area contributed by atoms with Crippen LogP contribution in [0.4, 0.5) is 0 Å². The highest BCUT2D eigenvalue weighted by molar-refractivity contribution is 9.10. The zero-order valence-corrected chi connectivity index (χ0v) is 7.82. The average Bonchev–Trinajstić information content (AvgIpc) is 2.03. The maximum atomic E-state index is 8.83. The largest absolute Gasteiger partial charge is 0.488 e. The van der Waals surface area contributed by atoms with Gasteiger partial charge in [0.05, 0.1) is 5.69 Å². The summed E-state index contributed by atoms with van der Waals surface area (Å²) in [6, 6.07) is 3.08. The molecule has 4 N–H and O–H groups in total. The fourth-order valence-corrected chi connectivity index (χ4v) is 1.32. The molecule has 6 heteroatoms. The van der Waals surface area contributed by atoms with Gasteiger partial charge in [0, 0.05) is 6.54 Å². The van der Waals surface area contributed by atoms with Crippen LogP contribution in [-0.4, -0.2) is 22.2 Å². The molecule has 0 amide bonds. The van der Waals surface area contributed by atoms with Crippen molar-refractivity contribution in [3.05, 3.63) is 22.4 Å². The van der Waals surface area contributed by atoms with Crippen LogP contribution in [-0.2, 0) is 6.54 Å². The van der Waals surface area contributed by atoms with Crippen molar-refractivity contribution in [1.29, 1.82) is 0 Å². The number of nitrogens with zero attached hydrogens (tertiary/aromatic N) is 1. The van der Waals surface area contributed by atoms with Crippen molar-refractivity contribution in [1.82, 2.24) is 4.98 Å². The lowest BCUT2D eigenvalue weighted by Crippen LogP contribution is -2.30. The third-order valence-corrected chi connectivity index (χ3v) is 1.78. The number of rotatable bonds is 2. The zero-order valence-electron chi connectivity index (χ0n) is 6.24. The topological polar surface area (TPSA) is 79.4 Å². The quantitative estimate of drug-likeness (QED) is 0.449. The first kappa shape index (κ1) is 9.66. The Hall–Kier alpha value is -0.425. The van der Waals surface area contributed by atoms with E-state index in [9.17, 15) is 0 Å². The van der Waals surface area contributed by atoms with Gasteiger partial charge in [-0.25, -0.2) is 4.98 Å². The lowest BCUT2D eigenvalue weighted by Gasteiger charge is -2.02. The molecule has 0 fully saturated rings. The molecule has 1 heterocycles. The van der Waals surface area contributed by atoms with Crippen molar-refractivity contribution in [3.8, 4) is 0 Å². The second-order valence-corrected chi connectivity index (χ2v) is 3.10. The maximum Gasteiger partial charge on any atom is 0.488 e. The molecule has 0 aliphatic carbocycles. The van der Waals surface area contributed by atoms with Crippen LogP contribution in [0, 0.1) is 0 Å². The standard InChI is InChI=1S/C6H8BBrN2O2/c8-6-2-4(7(11)12)1-5(3-9)10-6/h1-2,11-12H,3,9H2. The van der Waals surface area contributed by atoms with Gasteiger partial charge in [-0.05, 0) is 33.5 Å². The third-order valence-electron chi connectivity index (χ3n) is 1.38. The maximum absolute atomic E-state index is 8.83. The highest BCUT2D eigenvalue weighted by Gasteiger charge is 2.12. The van der Waals surface area contributed by atoms with Gasteiger partial charge in [-0.2, -0.15) is 0 Å². The summed E-state index contributed by atoms with van der Waals surface area (Å²) < 4.78 is 0.550. The van der Waals surface area contributed by atoms with E-state index < -0.39 is 7.12 Å². The molecule has 0 saturated carbocycles. The lowest BCUT2D eigenvalue weighted by molar-refractivity contribution is 0.425. The van der Waals surface area contributed by atoms with Crippen molar-refractivity contribution in [3.63, 3.8) is 0 Å². The minimum Gasteiger partial charge on any atom is -0.423 e. The molecule has 1 aromatic rings. The number of hydrogen-bond donors (Lipinski definition) is 3. The number of hydrogen-bond acceptors (Lipinski definition) is 4. The van der Waals surface area contributed by atoms with Crippen LogP contribution in [0.5, 0.6) is 0 Å². The van der Waals surface area contributed by atoms with E-state index in [4.69, 9.17) is 15.8 Å². The van der Waals surface area contributed by atoms with Crippen LogP contribution in [0.3, 0.4) is 0 Å². The van der Waals surface area contributed by atoms with Gasteiger partial charge in [-0.3, -0.25) is 0 Å². The summed E-state index contributed by atoms with van der Waals surface area (Å²) in [5, 5.41) is 17.7. The van der Waals surface area contributed by atoms with Crippen molar-refractivity contribution in [2.45, 2.75) is 6.54 Å². The molecule has 0 bridgehead atoms. The zero-order chi connectivity index (χ0) is 9.14. The van der Waals surface area contributed by atoms with E-state index in [-0.39, 0.29) is 6.54 Å². The van der Waals surface area contributed by atoms with Crippen molar-refractivity contribution in [2.24, 2.45) is 5.73 Å². The molecular weight excluding hydrogens is 223 g/mol. The normalized spacial score (nSPS) is 10.0. The van der Waals surface area contributed by atoms with Gasteiger partial charge in [0.15, 0.2) is 0 Å². The molecule has 1 rings (SSSR count). The van der Waals surface area contributed by atoms with Crippen molar-refractivity contribution < 1.29 is 10.0 Å². The Kier molecular flexibility index (Phi) is 3.22. The van der Waals surface area contributed by atoms with E-state index in [1.165, 1.54) is 6.07 Å². The first-order valence-corrected chi connectivity index (χ1v) is 4.15. The highest BCUT2D eigenvalue weighted by atomic mass is 79.9. The van der Waals surface area contributed by atoms with E-state index in [2.05, 4.69) is 20.9 Å². The Balaban J connectivity index is 3.06. The fourth-order valence-electron chi connectivity index (χ4n) is 0.827. The monoisotopic (exact) mass is 230 g/mol. The summed E-state index contributed by atoms with van der Waals surface area (Å²) in [5.74, 6) is 0. The molecule has 4 nitrogen and oxygen atoms in total. The molecule has 64 valence electrons. The molecule has 0 atom stereocenters. The molecule has 0 aliphatic rings. The molecule has 0 saturated heterocycles. The van der Waals surface area contributed by atoms with Gasteiger partial charge in [0.1, 0.15) is 4.60 Å². The van der Waals surface area contributed by atoms with E-state index in [0.717, 1.165) is 0 Å². The first-order chi connectivity index (χ1) is 5.63. The Labute approximate surface area is 78.7 Å². The Morgan fingerprint density at radius 1 is 1.50 bits per heavy atom. The second-order valence-electron chi connectivity index (χ2n) is 2.29. The number of nitrogens with two attached hydrogens (primary N) is 1. The van der Waals surface area contributed by atoms with Gasteiger partial charge < -0.3 is 15.8 Å². The van der Waals surface area contributed by atoms with E-state index >= 15 is 0 Å². The van der Waals surface area contributed by atoms with Crippen LogP contribution in [0.2, 0.25) is 0 Å². The molecule has 1 aromatic heterocycles. The predicted molar refractivity (Wildman–Crippen MR) is 49.7 cm³/mol. The molecule has 0 unspecified atom stereocenters. The summed E-state index contributed by atoms with van der Waals surface area (Å²) in [6.45, 7) is 0.277. The summed E-state index contributed by atoms with van der Waals surface area (Å²) in [7, 11) is -1.48. The number of pyridine rings is 1. The summed E-state index contributed by atoms with van der Waals surface area (Å²) >= 11 is 3.13. The van der Waals surface area contributed by atoms with E-state index in [1.807, 2.05) is 0 Å². The predicted octanol–water partition coefficient (Wildman–Crippen LogP) is -1.02.